The summed E-state index contributed by atoms with van der Waals surface area (Å²) in [5.41, 5.74) is -1.64. The van der Waals surface area contributed by atoms with Gasteiger partial charge in [-0.05, 0) is 37.6 Å². The summed E-state index contributed by atoms with van der Waals surface area (Å²) in [6, 6.07) is 4.86. The molecule has 1 unspecified atom stereocenters. The number of rotatable bonds is 4. The molecule has 0 aliphatic rings. The van der Waals surface area contributed by atoms with Crippen molar-refractivity contribution in [3.63, 3.8) is 0 Å². The van der Waals surface area contributed by atoms with Gasteiger partial charge in [0.15, 0.2) is 0 Å². The molecule has 1 amide bonds. The molecule has 1 N–H and O–H groups in total. The van der Waals surface area contributed by atoms with E-state index in [-0.39, 0.29) is 11.7 Å². The van der Waals surface area contributed by atoms with E-state index in [1.807, 2.05) is 6.92 Å². The molecule has 0 aliphatic carbocycles. The zero-order valence-corrected chi connectivity index (χ0v) is 13.0. The molecule has 2 aromatic rings. The smallest absolute Gasteiger partial charge is 0.348 e. The van der Waals surface area contributed by atoms with Crippen LogP contribution in [-0.2, 0) is 7.05 Å². The summed E-state index contributed by atoms with van der Waals surface area (Å²) in [7, 11) is 1.26. The Morgan fingerprint density at radius 2 is 1.91 bits per heavy atom. The minimum Gasteiger partial charge on any atom is -0.348 e. The molecular formula is C15H17FN4O3. The van der Waals surface area contributed by atoms with Gasteiger partial charge in [0.25, 0.3) is 11.5 Å². The number of carbonyl (C=O) groups is 1. The van der Waals surface area contributed by atoms with Crippen LogP contribution >= 0.6 is 0 Å². The second-order valence-corrected chi connectivity index (χ2v) is 5.17. The highest BCUT2D eigenvalue weighted by Gasteiger charge is 2.19. The third kappa shape index (κ3) is 3.36. The molecule has 23 heavy (non-hydrogen) atoms. The van der Waals surface area contributed by atoms with Crippen molar-refractivity contribution in [3.8, 4) is 5.69 Å². The van der Waals surface area contributed by atoms with Crippen LogP contribution in [0.25, 0.3) is 5.69 Å². The zero-order chi connectivity index (χ0) is 17.1. The van der Waals surface area contributed by atoms with E-state index in [1.165, 1.54) is 19.2 Å². The standard InChI is InChI=1S/C15H17FN4O3/c1-4-9(2)17-13(21)12-14(22)19(3)15(23)20(18-12)11-7-5-10(16)6-8-11/h5-9H,4H2,1-3H3,(H,17,21). The van der Waals surface area contributed by atoms with Crippen molar-refractivity contribution < 1.29 is 9.18 Å². The van der Waals surface area contributed by atoms with Crippen LogP contribution in [0.3, 0.4) is 0 Å². The van der Waals surface area contributed by atoms with Crippen molar-refractivity contribution in [2.24, 2.45) is 7.05 Å². The molecule has 0 saturated carbocycles. The van der Waals surface area contributed by atoms with Crippen molar-refractivity contribution in [2.75, 3.05) is 0 Å². The number of hydrogen-bond acceptors (Lipinski definition) is 4. The first-order chi connectivity index (χ1) is 10.8. The molecule has 0 spiro atoms. The summed E-state index contributed by atoms with van der Waals surface area (Å²) >= 11 is 0. The monoisotopic (exact) mass is 320 g/mol. The Bertz CT molecular complexity index is 839. The summed E-state index contributed by atoms with van der Waals surface area (Å²) in [4.78, 5) is 36.4. The fraction of sp³-hybridized carbons (Fsp3) is 0.333. The molecule has 122 valence electrons. The first-order valence-corrected chi connectivity index (χ1v) is 7.12. The van der Waals surface area contributed by atoms with E-state index >= 15 is 0 Å². The second-order valence-electron chi connectivity index (χ2n) is 5.17. The summed E-state index contributed by atoms with van der Waals surface area (Å²) in [6.45, 7) is 3.67. The summed E-state index contributed by atoms with van der Waals surface area (Å²) in [5, 5.41) is 6.49. The normalized spacial score (nSPS) is 12.0. The van der Waals surface area contributed by atoms with Gasteiger partial charge in [0.1, 0.15) is 5.82 Å². The fourth-order valence-corrected chi connectivity index (χ4v) is 1.86. The van der Waals surface area contributed by atoms with Crippen LogP contribution in [0.15, 0.2) is 33.9 Å². The topological polar surface area (TPSA) is 86.0 Å². The van der Waals surface area contributed by atoms with Gasteiger partial charge in [-0.1, -0.05) is 6.92 Å². The summed E-state index contributed by atoms with van der Waals surface area (Å²) in [5.74, 6) is -1.13. The van der Waals surface area contributed by atoms with Crippen molar-refractivity contribution in [1.29, 1.82) is 0 Å². The summed E-state index contributed by atoms with van der Waals surface area (Å²) < 4.78 is 14.7. The van der Waals surface area contributed by atoms with Crippen LogP contribution in [-0.4, -0.2) is 26.3 Å². The lowest BCUT2D eigenvalue weighted by molar-refractivity contribution is 0.0929. The highest BCUT2D eigenvalue weighted by molar-refractivity contribution is 5.91. The fourth-order valence-electron chi connectivity index (χ4n) is 1.86. The molecule has 7 nitrogen and oxygen atoms in total. The average Bonchev–Trinajstić information content (AvgIpc) is 2.53. The lowest BCUT2D eigenvalue weighted by Gasteiger charge is -2.12. The van der Waals surface area contributed by atoms with Gasteiger partial charge in [0.2, 0.25) is 5.69 Å². The molecule has 0 radical (unpaired) electrons. The highest BCUT2D eigenvalue weighted by atomic mass is 19.1. The molecule has 1 aromatic heterocycles. The number of hydrogen-bond donors (Lipinski definition) is 1. The van der Waals surface area contributed by atoms with Crippen molar-refractivity contribution in [3.05, 3.63) is 56.6 Å². The van der Waals surface area contributed by atoms with Crippen LogP contribution < -0.4 is 16.6 Å². The lowest BCUT2D eigenvalue weighted by Crippen LogP contribution is -2.45. The Morgan fingerprint density at radius 1 is 1.30 bits per heavy atom. The van der Waals surface area contributed by atoms with Gasteiger partial charge in [0, 0.05) is 13.1 Å². The van der Waals surface area contributed by atoms with Gasteiger partial charge in [-0.2, -0.15) is 9.78 Å². The van der Waals surface area contributed by atoms with E-state index in [0.717, 1.165) is 21.4 Å². The third-order valence-electron chi connectivity index (χ3n) is 3.45. The van der Waals surface area contributed by atoms with E-state index in [2.05, 4.69) is 10.4 Å². The molecule has 1 aromatic carbocycles. The first kappa shape index (κ1) is 16.6. The molecule has 0 fully saturated rings. The minimum atomic E-state index is -0.783. The molecule has 1 heterocycles. The van der Waals surface area contributed by atoms with E-state index in [1.54, 1.807) is 6.92 Å². The number of nitrogens with zero attached hydrogens (tertiary/aromatic N) is 3. The number of benzene rings is 1. The maximum absolute atomic E-state index is 13.0. The zero-order valence-electron chi connectivity index (χ0n) is 13.0. The molecule has 0 bridgehead atoms. The van der Waals surface area contributed by atoms with E-state index < -0.39 is 28.7 Å². The van der Waals surface area contributed by atoms with Gasteiger partial charge in [-0.3, -0.25) is 14.2 Å². The maximum Gasteiger partial charge on any atom is 0.351 e. The maximum atomic E-state index is 13.0. The first-order valence-electron chi connectivity index (χ1n) is 7.12. The molecule has 1 atom stereocenters. The average molecular weight is 320 g/mol. The third-order valence-corrected chi connectivity index (χ3v) is 3.45. The molecule has 8 heteroatoms. The number of amides is 1. The van der Waals surface area contributed by atoms with Gasteiger partial charge in [0.05, 0.1) is 5.69 Å². The van der Waals surface area contributed by atoms with E-state index in [4.69, 9.17) is 0 Å². The highest BCUT2D eigenvalue weighted by Crippen LogP contribution is 2.05. The van der Waals surface area contributed by atoms with Gasteiger partial charge >= 0.3 is 5.69 Å². The number of carbonyl (C=O) groups excluding carboxylic acids is 1. The van der Waals surface area contributed by atoms with Crippen molar-refractivity contribution in [2.45, 2.75) is 26.3 Å². The minimum absolute atomic E-state index is 0.139. The van der Waals surface area contributed by atoms with Crippen LogP contribution in [0, 0.1) is 5.82 Å². The lowest BCUT2D eigenvalue weighted by atomic mass is 10.2. The molecule has 0 aliphatic heterocycles. The number of aromatic nitrogens is 3. The van der Waals surface area contributed by atoms with Crippen molar-refractivity contribution >= 4 is 5.91 Å². The Labute approximate surface area is 131 Å². The van der Waals surface area contributed by atoms with Gasteiger partial charge in [-0.25, -0.2) is 9.18 Å². The Morgan fingerprint density at radius 3 is 2.48 bits per heavy atom. The largest absolute Gasteiger partial charge is 0.351 e. The summed E-state index contributed by atoms with van der Waals surface area (Å²) in [6.07, 6.45) is 0.684. The van der Waals surface area contributed by atoms with Crippen LogP contribution in [0.5, 0.6) is 0 Å². The van der Waals surface area contributed by atoms with Gasteiger partial charge < -0.3 is 5.32 Å². The predicted octanol–water partition coefficient (Wildman–Crippen LogP) is 0.599. The Balaban J connectivity index is 2.57. The van der Waals surface area contributed by atoms with E-state index in [0.29, 0.717) is 6.42 Å². The predicted molar refractivity (Wildman–Crippen MR) is 82.3 cm³/mol. The Kier molecular flexibility index (Phi) is 4.73. The Hall–Kier alpha value is -2.77. The molecule has 0 saturated heterocycles. The van der Waals surface area contributed by atoms with Crippen molar-refractivity contribution in [1.82, 2.24) is 19.7 Å². The SMILES string of the molecule is CCC(C)NC(=O)c1nn(-c2ccc(F)cc2)c(=O)n(C)c1=O. The van der Waals surface area contributed by atoms with Crippen LogP contribution in [0.4, 0.5) is 4.39 Å². The van der Waals surface area contributed by atoms with E-state index in [9.17, 15) is 18.8 Å². The number of halogens is 1. The quantitative estimate of drug-likeness (QED) is 0.894. The molecule has 2 rings (SSSR count). The van der Waals surface area contributed by atoms with Gasteiger partial charge in [-0.15, -0.1) is 0 Å². The van der Waals surface area contributed by atoms with Crippen LogP contribution in [0.1, 0.15) is 30.8 Å². The van der Waals surface area contributed by atoms with Crippen LogP contribution in [0.2, 0.25) is 0 Å². The second kappa shape index (κ2) is 6.55. The molecular weight excluding hydrogens is 303 g/mol. The number of nitrogens with one attached hydrogen (secondary N) is 1.